The molecule has 0 atom stereocenters. The standard InChI is InChI=1S/C7H15NO2S.H2/c1-6(2)11(9,10)8-7(3,4)5;/h8H,1H2,2-5H3;1H. The molecule has 0 amide bonds. The Kier molecular flexibility index (Phi) is 2.85. The molecule has 11 heavy (non-hydrogen) atoms. The molecular formula is C7H17NO2S. The molecular weight excluding hydrogens is 162 g/mol. The lowest BCUT2D eigenvalue weighted by molar-refractivity contribution is 0.495. The van der Waals surface area contributed by atoms with Crippen LogP contribution < -0.4 is 4.72 Å². The summed E-state index contributed by atoms with van der Waals surface area (Å²) in [7, 11) is -3.30. The second kappa shape index (κ2) is 2.95. The van der Waals surface area contributed by atoms with Crippen LogP contribution in [0.15, 0.2) is 11.5 Å². The van der Waals surface area contributed by atoms with Gasteiger partial charge in [0.2, 0.25) is 10.0 Å². The Morgan fingerprint density at radius 1 is 1.45 bits per heavy atom. The lowest BCUT2D eigenvalue weighted by Gasteiger charge is -2.19. The Hall–Kier alpha value is -0.350. The molecule has 0 aromatic carbocycles. The summed E-state index contributed by atoms with van der Waals surface area (Å²) >= 11 is 0. The Bertz CT molecular complexity index is 251. The number of nitrogens with one attached hydrogen (secondary N) is 1. The van der Waals surface area contributed by atoms with Crippen molar-refractivity contribution in [1.29, 1.82) is 0 Å². The molecule has 0 rings (SSSR count). The minimum Gasteiger partial charge on any atom is -0.207 e. The lowest BCUT2D eigenvalue weighted by atomic mass is 10.1. The molecule has 0 aliphatic carbocycles. The zero-order chi connectivity index (χ0) is 9.28. The summed E-state index contributed by atoms with van der Waals surface area (Å²) in [5.74, 6) is 0. The van der Waals surface area contributed by atoms with E-state index in [2.05, 4.69) is 11.3 Å². The molecule has 0 saturated carbocycles. The highest BCUT2D eigenvalue weighted by Gasteiger charge is 2.19. The van der Waals surface area contributed by atoms with Crippen molar-refractivity contribution in [1.82, 2.24) is 4.72 Å². The van der Waals surface area contributed by atoms with Gasteiger partial charge in [0.15, 0.2) is 0 Å². The van der Waals surface area contributed by atoms with E-state index in [0.29, 0.717) is 0 Å². The van der Waals surface area contributed by atoms with Crippen LogP contribution in [-0.4, -0.2) is 14.0 Å². The number of hydrogen-bond donors (Lipinski definition) is 1. The normalized spacial score (nSPS) is 13.1. The van der Waals surface area contributed by atoms with Gasteiger partial charge in [-0.1, -0.05) is 6.58 Å². The largest absolute Gasteiger partial charge is 0.236 e. The molecule has 3 nitrogen and oxygen atoms in total. The monoisotopic (exact) mass is 179 g/mol. The summed E-state index contributed by atoms with van der Waals surface area (Å²) in [6, 6.07) is 0. The van der Waals surface area contributed by atoms with Gasteiger partial charge in [-0.05, 0) is 27.7 Å². The summed E-state index contributed by atoms with van der Waals surface area (Å²) in [6.45, 7) is 10.2. The van der Waals surface area contributed by atoms with Crippen molar-refractivity contribution in [3.05, 3.63) is 11.5 Å². The van der Waals surface area contributed by atoms with Gasteiger partial charge in [0.05, 0.1) is 0 Å². The third-order valence-corrected chi connectivity index (χ3v) is 2.70. The summed E-state index contributed by atoms with van der Waals surface area (Å²) in [5.41, 5.74) is -0.433. The van der Waals surface area contributed by atoms with E-state index < -0.39 is 15.6 Å². The molecule has 68 valence electrons. The highest BCUT2D eigenvalue weighted by molar-refractivity contribution is 7.93. The number of sulfonamides is 1. The minimum absolute atomic E-state index is 0. The first-order valence-electron chi connectivity index (χ1n) is 3.35. The van der Waals surface area contributed by atoms with E-state index in [1.807, 2.05) is 0 Å². The summed E-state index contributed by atoms with van der Waals surface area (Å²) < 4.78 is 24.7. The third-order valence-electron chi connectivity index (χ3n) is 0.899. The highest BCUT2D eigenvalue weighted by Crippen LogP contribution is 2.06. The molecule has 0 saturated heterocycles. The second-order valence-corrected chi connectivity index (χ2v) is 5.47. The van der Waals surface area contributed by atoms with Crippen molar-refractivity contribution in [3.8, 4) is 0 Å². The van der Waals surface area contributed by atoms with E-state index in [1.54, 1.807) is 20.8 Å². The zero-order valence-corrected chi connectivity index (χ0v) is 8.25. The number of rotatable bonds is 2. The molecule has 0 spiro atoms. The smallest absolute Gasteiger partial charge is 0.207 e. The average Bonchev–Trinajstić information content (AvgIpc) is 1.56. The molecule has 0 aliphatic rings. The first-order chi connectivity index (χ1) is 4.65. The molecule has 0 unspecified atom stereocenters. The Morgan fingerprint density at radius 3 is 1.91 bits per heavy atom. The maximum atomic E-state index is 11.1. The molecule has 0 radical (unpaired) electrons. The van der Waals surface area contributed by atoms with Gasteiger partial charge in [0.1, 0.15) is 0 Å². The van der Waals surface area contributed by atoms with E-state index in [9.17, 15) is 8.42 Å². The van der Waals surface area contributed by atoms with Crippen LogP contribution in [0.2, 0.25) is 0 Å². The fraction of sp³-hybridized carbons (Fsp3) is 0.714. The van der Waals surface area contributed by atoms with Crippen molar-refractivity contribution in [2.24, 2.45) is 0 Å². The SMILES string of the molecule is C=C(C)S(=O)(=O)NC(C)(C)C.[HH]. The third kappa shape index (κ3) is 4.16. The fourth-order valence-electron chi connectivity index (χ4n) is 0.490. The van der Waals surface area contributed by atoms with Gasteiger partial charge in [0, 0.05) is 11.9 Å². The molecule has 4 heteroatoms. The highest BCUT2D eigenvalue weighted by atomic mass is 32.2. The fourth-order valence-corrected chi connectivity index (χ4v) is 1.47. The summed E-state index contributed by atoms with van der Waals surface area (Å²) in [5, 5.41) is 0. The number of allylic oxidation sites excluding steroid dienone is 1. The van der Waals surface area contributed by atoms with E-state index in [0.717, 1.165) is 0 Å². The van der Waals surface area contributed by atoms with Crippen LogP contribution >= 0.6 is 0 Å². The predicted octanol–water partition coefficient (Wildman–Crippen LogP) is 1.48. The average molecular weight is 179 g/mol. The van der Waals surface area contributed by atoms with Crippen molar-refractivity contribution in [2.45, 2.75) is 33.2 Å². The second-order valence-electron chi connectivity index (χ2n) is 3.56. The first kappa shape index (κ1) is 10.7. The Balaban J connectivity index is 0. The van der Waals surface area contributed by atoms with Gasteiger partial charge < -0.3 is 0 Å². The molecule has 0 bridgehead atoms. The van der Waals surface area contributed by atoms with Crippen molar-refractivity contribution in [2.75, 3.05) is 0 Å². The van der Waals surface area contributed by atoms with Gasteiger partial charge in [-0.3, -0.25) is 0 Å². The summed E-state index contributed by atoms with van der Waals surface area (Å²) in [4.78, 5) is 0.146. The predicted molar refractivity (Wildman–Crippen MR) is 48.7 cm³/mol. The van der Waals surface area contributed by atoms with Crippen LogP contribution in [0.3, 0.4) is 0 Å². The first-order valence-corrected chi connectivity index (χ1v) is 4.83. The van der Waals surface area contributed by atoms with Gasteiger partial charge in [-0.2, -0.15) is 0 Å². The van der Waals surface area contributed by atoms with E-state index >= 15 is 0 Å². The van der Waals surface area contributed by atoms with Crippen LogP contribution in [0, 0.1) is 0 Å². The van der Waals surface area contributed by atoms with Gasteiger partial charge in [0.25, 0.3) is 0 Å². The molecule has 0 fully saturated rings. The van der Waals surface area contributed by atoms with Crippen LogP contribution in [0.5, 0.6) is 0 Å². The van der Waals surface area contributed by atoms with Crippen molar-refractivity contribution in [3.63, 3.8) is 0 Å². The Labute approximate surface area is 70.0 Å². The van der Waals surface area contributed by atoms with Gasteiger partial charge in [-0.15, -0.1) is 0 Å². The maximum absolute atomic E-state index is 11.1. The van der Waals surface area contributed by atoms with Crippen LogP contribution in [0.1, 0.15) is 29.1 Å². The molecule has 1 N–H and O–H groups in total. The van der Waals surface area contributed by atoms with E-state index in [1.165, 1.54) is 6.92 Å². The van der Waals surface area contributed by atoms with Crippen LogP contribution in [-0.2, 0) is 10.0 Å². The topological polar surface area (TPSA) is 46.2 Å². The van der Waals surface area contributed by atoms with Crippen molar-refractivity contribution < 1.29 is 9.84 Å². The zero-order valence-electron chi connectivity index (χ0n) is 7.43. The minimum atomic E-state index is -3.30. The molecule has 0 aromatic rings. The number of hydrogen-bond acceptors (Lipinski definition) is 2. The maximum Gasteiger partial charge on any atom is 0.236 e. The van der Waals surface area contributed by atoms with E-state index in [4.69, 9.17) is 0 Å². The van der Waals surface area contributed by atoms with Crippen LogP contribution in [0.25, 0.3) is 0 Å². The van der Waals surface area contributed by atoms with Crippen molar-refractivity contribution >= 4 is 10.0 Å². The summed E-state index contributed by atoms with van der Waals surface area (Å²) in [6.07, 6.45) is 0. The Morgan fingerprint density at radius 2 is 1.82 bits per heavy atom. The quantitative estimate of drug-likeness (QED) is 0.698. The van der Waals surface area contributed by atoms with E-state index in [-0.39, 0.29) is 6.33 Å². The molecule has 0 heterocycles. The molecule has 0 aromatic heterocycles. The molecule has 0 aliphatic heterocycles. The lowest BCUT2D eigenvalue weighted by Crippen LogP contribution is -2.40. The van der Waals surface area contributed by atoms with Gasteiger partial charge in [-0.25, -0.2) is 13.1 Å². The van der Waals surface area contributed by atoms with Crippen LogP contribution in [0.4, 0.5) is 0 Å². The van der Waals surface area contributed by atoms with Gasteiger partial charge >= 0.3 is 0 Å².